The Kier molecular flexibility index (Phi) is 5.93. The molecular formula is C28H26N6O2. The average Bonchev–Trinajstić information content (AvgIpc) is 3.53. The highest BCUT2D eigenvalue weighted by atomic mass is 16.2. The van der Waals surface area contributed by atoms with E-state index < -0.39 is 0 Å². The fraction of sp³-hybridized carbons (Fsp3) is 0.179. The van der Waals surface area contributed by atoms with Crippen LogP contribution in [0.5, 0.6) is 0 Å². The van der Waals surface area contributed by atoms with Crippen LogP contribution < -0.4 is 5.69 Å². The van der Waals surface area contributed by atoms with Gasteiger partial charge in [0, 0.05) is 28.4 Å². The SMILES string of the molecule is CC(C)(C)c1cn(C(=O)c2ccccc2)c(=O)n1Cc1ccc(-c2ccccc2-c2nnn[nH]2)cc1. The molecular weight excluding hydrogens is 452 g/mol. The quantitative estimate of drug-likeness (QED) is 0.400. The van der Waals surface area contributed by atoms with Crippen LogP contribution >= 0.6 is 0 Å². The molecule has 0 saturated carbocycles. The van der Waals surface area contributed by atoms with Gasteiger partial charge in [-0.1, -0.05) is 87.5 Å². The Bertz CT molecular complexity index is 1560. The number of carbonyl (C=O) groups excluding carboxylic acids is 1. The predicted molar refractivity (Wildman–Crippen MR) is 138 cm³/mol. The molecule has 2 heterocycles. The van der Waals surface area contributed by atoms with E-state index in [0.29, 0.717) is 17.9 Å². The van der Waals surface area contributed by atoms with Gasteiger partial charge in [-0.15, -0.1) is 5.10 Å². The zero-order valence-corrected chi connectivity index (χ0v) is 20.3. The monoisotopic (exact) mass is 478 g/mol. The second kappa shape index (κ2) is 9.22. The maximum Gasteiger partial charge on any atom is 0.335 e. The number of rotatable bonds is 5. The molecule has 0 aliphatic heterocycles. The third-order valence-corrected chi connectivity index (χ3v) is 6.12. The summed E-state index contributed by atoms with van der Waals surface area (Å²) >= 11 is 0. The van der Waals surface area contributed by atoms with Crippen molar-refractivity contribution in [2.24, 2.45) is 0 Å². The third kappa shape index (κ3) is 4.40. The molecule has 36 heavy (non-hydrogen) atoms. The number of H-pyrrole nitrogens is 1. The van der Waals surface area contributed by atoms with Gasteiger partial charge in [-0.25, -0.2) is 14.5 Å². The number of hydrogen-bond donors (Lipinski definition) is 1. The number of hydrogen-bond acceptors (Lipinski definition) is 5. The van der Waals surface area contributed by atoms with E-state index in [1.807, 2.05) is 75.4 Å². The second-order valence-corrected chi connectivity index (χ2v) is 9.67. The molecule has 8 nitrogen and oxygen atoms in total. The molecule has 0 atom stereocenters. The minimum atomic E-state index is -0.346. The first-order valence-corrected chi connectivity index (χ1v) is 11.7. The van der Waals surface area contributed by atoms with Crippen molar-refractivity contribution in [2.75, 3.05) is 0 Å². The van der Waals surface area contributed by atoms with E-state index in [2.05, 4.69) is 20.6 Å². The molecule has 0 aliphatic rings. The lowest BCUT2D eigenvalue weighted by Gasteiger charge is -2.20. The molecule has 0 bridgehead atoms. The summed E-state index contributed by atoms with van der Waals surface area (Å²) < 4.78 is 2.90. The highest BCUT2D eigenvalue weighted by Gasteiger charge is 2.25. The smallest absolute Gasteiger partial charge is 0.291 e. The third-order valence-electron chi connectivity index (χ3n) is 6.12. The predicted octanol–water partition coefficient (Wildman–Crippen LogP) is 4.53. The number of nitrogens with zero attached hydrogens (tertiary/aromatic N) is 5. The first kappa shape index (κ1) is 23.2. The van der Waals surface area contributed by atoms with E-state index >= 15 is 0 Å². The molecule has 0 amide bonds. The molecule has 180 valence electrons. The van der Waals surface area contributed by atoms with E-state index in [9.17, 15) is 9.59 Å². The summed E-state index contributed by atoms with van der Waals surface area (Å²) in [6.07, 6.45) is 1.67. The van der Waals surface area contributed by atoms with Crippen molar-refractivity contribution in [3.8, 4) is 22.5 Å². The van der Waals surface area contributed by atoms with Crippen LogP contribution in [0.2, 0.25) is 0 Å². The molecule has 2 aromatic heterocycles. The normalized spacial score (nSPS) is 11.5. The van der Waals surface area contributed by atoms with Crippen molar-refractivity contribution in [1.29, 1.82) is 0 Å². The first-order valence-electron chi connectivity index (χ1n) is 11.7. The van der Waals surface area contributed by atoms with Crippen LogP contribution in [0.15, 0.2) is 89.9 Å². The van der Waals surface area contributed by atoms with Crippen molar-refractivity contribution in [3.05, 3.63) is 112 Å². The van der Waals surface area contributed by atoms with Gasteiger partial charge in [0.2, 0.25) is 0 Å². The van der Waals surface area contributed by atoms with Crippen LogP contribution in [0, 0.1) is 0 Å². The van der Waals surface area contributed by atoms with E-state index in [0.717, 1.165) is 27.9 Å². The average molecular weight is 479 g/mol. The summed E-state index contributed by atoms with van der Waals surface area (Å²) in [5.41, 5.74) is 4.45. The van der Waals surface area contributed by atoms with Crippen LogP contribution in [0.25, 0.3) is 22.5 Å². The zero-order chi connectivity index (χ0) is 25.3. The molecule has 0 unspecified atom stereocenters. The maximum absolute atomic E-state index is 13.4. The Morgan fingerprint density at radius 3 is 2.19 bits per heavy atom. The number of nitrogens with one attached hydrogen (secondary N) is 1. The van der Waals surface area contributed by atoms with Crippen molar-refractivity contribution in [3.63, 3.8) is 0 Å². The summed E-state index contributed by atoms with van der Waals surface area (Å²) in [7, 11) is 0. The summed E-state index contributed by atoms with van der Waals surface area (Å²) in [6.45, 7) is 6.46. The van der Waals surface area contributed by atoms with Gasteiger partial charge in [0.05, 0.1) is 6.54 Å². The largest absolute Gasteiger partial charge is 0.335 e. The summed E-state index contributed by atoms with van der Waals surface area (Å²) in [5.74, 6) is 0.263. The minimum Gasteiger partial charge on any atom is -0.291 e. The number of imidazole rings is 1. The van der Waals surface area contributed by atoms with Crippen molar-refractivity contribution >= 4 is 5.91 Å². The van der Waals surface area contributed by atoms with Crippen LogP contribution in [0.4, 0.5) is 0 Å². The van der Waals surface area contributed by atoms with Gasteiger partial charge in [0.25, 0.3) is 5.91 Å². The minimum absolute atomic E-state index is 0.328. The van der Waals surface area contributed by atoms with Gasteiger partial charge in [-0.3, -0.25) is 9.36 Å². The molecule has 0 aliphatic carbocycles. The van der Waals surface area contributed by atoms with E-state index in [1.54, 1.807) is 35.0 Å². The molecule has 5 aromatic rings. The van der Waals surface area contributed by atoms with E-state index in [4.69, 9.17) is 0 Å². The van der Waals surface area contributed by atoms with Crippen LogP contribution in [-0.4, -0.2) is 35.7 Å². The van der Waals surface area contributed by atoms with Crippen LogP contribution in [-0.2, 0) is 12.0 Å². The van der Waals surface area contributed by atoms with E-state index in [-0.39, 0.29) is 17.0 Å². The van der Waals surface area contributed by atoms with Crippen molar-refractivity contribution in [1.82, 2.24) is 29.8 Å². The fourth-order valence-corrected chi connectivity index (χ4v) is 4.28. The molecule has 0 radical (unpaired) electrons. The van der Waals surface area contributed by atoms with Gasteiger partial charge < -0.3 is 0 Å². The molecule has 3 aromatic carbocycles. The Hall–Kier alpha value is -4.59. The van der Waals surface area contributed by atoms with Crippen LogP contribution in [0.1, 0.15) is 42.4 Å². The fourth-order valence-electron chi connectivity index (χ4n) is 4.28. The lowest BCUT2D eigenvalue weighted by Crippen LogP contribution is -2.31. The van der Waals surface area contributed by atoms with E-state index in [1.165, 1.54) is 4.57 Å². The Balaban J connectivity index is 1.49. The Labute approximate surface area is 208 Å². The highest BCUT2D eigenvalue weighted by Crippen LogP contribution is 2.30. The highest BCUT2D eigenvalue weighted by molar-refractivity contribution is 5.95. The number of aromatic nitrogens is 6. The van der Waals surface area contributed by atoms with Gasteiger partial charge in [0.15, 0.2) is 5.82 Å². The van der Waals surface area contributed by atoms with Gasteiger partial charge >= 0.3 is 5.69 Å². The second-order valence-electron chi connectivity index (χ2n) is 9.67. The van der Waals surface area contributed by atoms with Crippen molar-refractivity contribution in [2.45, 2.75) is 32.7 Å². The molecule has 8 heteroatoms. The molecule has 0 spiro atoms. The standard InChI is InChI=1S/C28H26N6O2/c1-28(2,3)24-18-34(26(35)21-9-5-4-6-10-21)27(36)33(24)17-19-13-15-20(16-14-19)22-11-7-8-12-23(22)25-29-31-32-30-25/h4-16,18H,17H2,1-3H3,(H,29,30,31,32). The number of tetrazole rings is 1. The Morgan fingerprint density at radius 2 is 1.56 bits per heavy atom. The molecule has 1 N–H and O–H groups in total. The maximum atomic E-state index is 13.4. The number of carbonyl (C=O) groups is 1. The summed E-state index contributed by atoms with van der Waals surface area (Å²) in [5, 5.41) is 14.2. The van der Waals surface area contributed by atoms with Gasteiger partial charge in [-0.2, -0.15) is 0 Å². The molecule has 0 fully saturated rings. The Morgan fingerprint density at radius 1 is 0.889 bits per heavy atom. The molecule has 0 saturated heterocycles. The summed E-state index contributed by atoms with van der Waals surface area (Å²) in [4.78, 5) is 26.5. The van der Waals surface area contributed by atoms with Crippen LogP contribution in [0.3, 0.4) is 0 Å². The lowest BCUT2D eigenvalue weighted by molar-refractivity contribution is 0.0955. The summed E-state index contributed by atoms with van der Waals surface area (Å²) in [6, 6.07) is 24.8. The zero-order valence-electron chi connectivity index (χ0n) is 20.3. The van der Waals surface area contributed by atoms with Gasteiger partial charge in [0.1, 0.15) is 0 Å². The van der Waals surface area contributed by atoms with Gasteiger partial charge in [-0.05, 0) is 39.2 Å². The number of aromatic amines is 1. The number of benzene rings is 3. The molecule has 5 rings (SSSR count). The topological polar surface area (TPSA) is 98.5 Å². The lowest BCUT2D eigenvalue weighted by atomic mass is 9.92. The van der Waals surface area contributed by atoms with Crippen molar-refractivity contribution < 1.29 is 4.79 Å². The first-order chi connectivity index (χ1) is 17.3.